The average Bonchev–Trinajstić information content (AvgIpc) is 3.20. The molecule has 0 radical (unpaired) electrons. The van der Waals surface area contributed by atoms with Gasteiger partial charge in [-0.1, -0.05) is 48.9 Å². The van der Waals surface area contributed by atoms with Crippen LogP contribution < -0.4 is 9.47 Å². The number of ether oxygens (including phenoxy) is 2. The number of alkyl halides is 1. The van der Waals surface area contributed by atoms with Crippen molar-refractivity contribution in [3.63, 3.8) is 0 Å². The molecule has 35 heavy (non-hydrogen) atoms. The van der Waals surface area contributed by atoms with Crippen molar-refractivity contribution >= 4 is 45.8 Å². The SMILES string of the molecule is CC(C)(c1ccc(OC[C@H](O)Cn2nnc(CO)c2[123I])cc1)c1ccc(OC[C@H](O)CCl)c(Cl)c1. The zero-order chi connectivity index (χ0) is 25.6. The Morgan fingerprint density at radius 1 is 1.03 bits per heavy atom. The van der Waals surface area contributed by atoms with Gasteiger partial charge in [0, 0.05) is 5.41 Å². The second-order valence-electron chi connectivity index (χ2n) is 8.55. The molecular formula is C24H28Cl2IN3O5. The molecule has 0 amide bonds. The minimum Gasteiger partial charge on any atom is -0.491 e. The Morgan fingerprint density at radius 3 is 2.29 bits per heavy atom. The predicted molar refractivity (Wildman–Crippen MR) is 142 cm³/mol. The molecule has 2 aromatic carbocycles. The lowest BCUT2D eigenvalue weighted by atomic mass is 9.78. The monoisotopic (exact) mass is 631 g/mol. The summed E-state index contributed by atoms with van der Waals surface area (Å²) in [6, 6.07) is 13.3. The fourth-order valence-corrected chi connectivity index (χ4v) is 4.26. The van der Waals surface area contributed by atoms with E-state index < -0.39 is 12.2 Å². The van der Waals surface area contributed by atoms with E-state index in [2.05, 4.69) is 24.2 Å². The van der Waals surface area contributed by atoms with Gasteiger partial charge >= 0.3 is 0 Å². The molecule has 3 N–H and O–H groups in total. The van der Waals surface area contributed by atoms with E-state index in [1.54, 1.807) is 6.07 Å². The number of halogens is 3. The second-order valence-corrected chi connectivity index (χ2v) is 10.3. The first-order chi connectivity index (χ1) is 16.6. The number of hydrogen-bond donors (Lipinski definition) is 3. The van der Waals surface area contributed by atoms with Crippen LogP contribution in [-0.4, -0.2) is 61.6 Å². The molecule has 11 heteroatoms. The number of aliphatic hydroxyl groups is 3. The molecule has 8 nitrogen and oxygen atoms in total. The van der Waals surface area contributed by atoms with Crippen molar-refractivity contribution in [1.82, 2.24) is 15.0 Å². The summed E-state index contributed by atoms with van der Waals surface area (Å²) in [6.45, 7) is 4.36. The van der Waals surface area contributed by atoms with Crippen molar-refractivity contribution < 1.29 is 24.8 Å². The Morgan fingerprint density at radius 2 is 1.69 bits per heavy atom. The summed E-state index contributed by atoms with van der Waals surface area (Å²) in [6.07, 6.45) is -1.54. The normalized spacial score (nSPS) is 13.5. The lowest BCUT2D eigenvalue weighted by Crippen LogP contribution is -2.25. The molecule has 0 fully saturated rings. The van der Waals surface area contributed by atoms with Gasteiger partial charge in [-0.05, 0) is 58.0 Å². The summed E-state index contributed by atoms with van der Waals surface area (Å²) >= 11 is 14.1. The van der Waals surface area contributed by atoms with E-state index in [9.17, 15) is 15.3 Å². The molecule has 0 saturated heterocycles. The van der Waals surface area contributed by atoms with Gasteiger partial charge in [-0.3, -0.25) is 0 Å². The predicted octanol–water partition coefficient (Wildman–Crippen LogP) is 3.77. The number of aromatic nitrogens is 3. The van der Waals surface area contributed by atoms with E-state index in [1.807, 2.05) is 59.0 Å². The number of rotatable bonds is 12. The number of nitrogens with zero attached hydrogens (tertiary/aromatic N) is 3. The maximum Gasteiger partial charge on any atom is 0.138 e. The fraction of sp³-hybridized carbons (Fsp3) is 0.417. The summed E-state index contributed by atoms with van der Waals surface area (Å²) in [4.78, 5) is 0. The van der Waals surface area contributed by atoms with Crippen molar-refractivity contribution in [2.45, 2.75) is 44.6 Å². The first kappa shape index (κ1) is 27.9. The Labute approximate surface area is 227 Å². The summed E-state index contributed by atoms with van der Waals surface area (Å²) < 4.78 is 13.5. The summed E-state index contributed by atoms with van der Waals surface area (Å²) in [5.41, 5.74) is 2.19. The molecule has 0 bridgehead atoms. The Hall–Kier alpha value is -1.63. The lowest BCUT2D eigenvalue weighted by Gasteiger charge is -2.27. The van der Waals surface area contributed by atoms with Gasteiger partial charge in [0.25, 0.3) is 0 Å². The maximum absolute atomic E-state index is 10.3. The largest absolute Gasteiger partial charge is 0.491 e. The minimum absolute atomic E-state index is 0.0733. The molecular weight excluding hydrogens is 604 g/mol. The third-order valence-electron chi connectivity index (χ3n) is 5.55. The Bertz CT molecular complexity index is 1110. The van der Waals surface area contributed by atoms with E-state index >= 15 is 0 Å². The van der Waals surface area contributed by atoms with Crippen LogP contribution in [0.25, 0.3) is 0 Å². The van der Waals surface area contributed by atoms with Gasteiger partial charge in [-0.2, -0.15) is 0 Å². The molecule has 190 valence electrons. The summed E-state index contributed by atoms with van der Waals surface area (Å²) in [5, 5.41) is 37.4. The molecule has 0 aliphatic heterocycles. The molecule has 3 aromatic rings. The highest BCUT2D eigenvalue weighted by Gasteiger charge is 2.24. The van der Waals surface area contributed by atoms with Gasteiger partial charge in [-0.25, -0.2) is 4.68 Å². The van der Waals surface area contributed by atoms with E-state index in [0.29, 0.717) is 25.9 Å². The second kappa shape index (κ2) is 12.6. The van der Waals surface area contributed by atoms with Crippen LogP contribution in [0.3, 0.4) is 0 Å². The zero-order valence-corrected chi connectivity index (χ0v) is 23.0. The Kier molecular flexibility index (Phi) is 10.0. The van der Waals surface area contributed by atoms with Gasteiger partial charge < -0.3 is 24.8 Å². The smallest absolute Gasteiger partial charge is 0.138 e. The van der Waals surface area contributed by atoms with Crippen LogP contribution in [0, 0.1) is 3.70 Å². The highest BCUT2D eigenvalue weighted by Crippen LogP contribution is 2.36. The first-order valence-electron chi connectivity index (χ1n) is 10.9. The first-order valence-corrected chi connectivity index (χ1v) is 12.9. The van der Waals surface area contributed by atoms with E-state index in [4.69, 9.17) is 32.7 Å². The van der Waals surface area contributed by atoms with Crippen LogP contribution in [0.4, 0.5) is 0 Å². The molecule has 2 atom stereocenters. The average molecular weight is 632 g/mol. The number of benzene rings is 2. The fourth-order valence-electron chi connectivity index (χ4n) is 3.37. The van der Waals surface area contributed by atoms with Crippen molar-refractivity contribution in [3.8, 4) is 11.5 Å². The van der Waals surface area contributed by atoms with E-state index in [0.717, 1.165) is 11.1 Å². The van der Waals surface area contributed by atoms with Crippen LogP contribution in [0.5, 0.6) is 11.5 Å². The number of aliphatic hydroxyl groups excluding tert-OH is 3. The third-order valence-corrected chi connectivity index (χ3v) is 7.38. The van der Waals surface area contributed by atoms with Crippen molar-refractivity contribution in [3.05, 3.63) is 68.0 Å². The van der Waals surface area contributed by atoms with Crippen LogP contribution in [-0.2, 0) is 18.6 Å². The van der Waals surface area contributed by atoms with E-state index in [-0.39, 0.29) is 37.7 Å². The van der Waals surface area contributed by atoms with Gasteiger partial charge in [0.2, 0.25) is 0 Å². The zero-order valence-electron chi connectivity index (χ0n) is 19.4. The highest BCUT2D eigenvalue weighted by molar-refractivity contribution is 14.1. The van der Waals surface area contributed by atoms with Crippen molar-refractivity contribution in [2.75, 3.05) is 19.1 Å². The summed E-state index contributed by atoms with van der Waals surface area (Å²) in [5.74, 6) is 1.21. The Balaban J connectivity index is 1.60. The quantitative estimate of drug-likeness (QED) is 0.206. The molecule has 0 saturated carbocycles. The van der Waals surface area contributed by atoms with Gasteiger partial charge in [-0.15, -0.1) is 16.7 Å². The molecule has 3 rings (SSSR count). The lowest BCUT2D eigenvalue weighted by molar-refractivity contribution is 0.0881. The highest BCUT2D eigenvalue weighted by atomic mass is 123. The van der Waals surface area contributed by atoms with Crippen molar-refractivity contribution in [2.24, 2.45) is 0 Å². The molecule has 0 aliphatic rings. The standard InChI is InChI=1S/C24H28Cl2IN3O5/c1-24(2,16-5-8-22(20(26)9-16)35-13-17(32)10-25)15-3-6-19(7-4-15)34-14-18(33)11-30-23(27)21(12-31)28-29-30/h3-9,17-18,31-33H,10-14H2,1-2H3/t17-,18-/m1/s1/i27-4. The van der Waals surface area contributed by atoms with Gasteiger partial charge in [0.15, 0.2) is 0 Å². The molecule has 1 heterocycles. The minimum atomic E-state index is -0.790. The van der Waals surface area contributed by atoms with Gasteiger partial charge in [0.05, 0.1) is 24.1 Å². The summed E-state index contributed by atoms with van der Waals surface area (Å²) in [7, 11) is 0. The van der Waals surface area contributed by atoms with Gasteiger partial charge in [0.1, 0.15) is 46.3 Å². The molecule has 0 unspecified atom stereocenters. The molecule has 1 aromatic heterocycles. The van der Waals surface area contributed by atoms with Crippen LogP contribution in [0.1, 0.15) is 30.7 Å². The third kappa shape index (κ3) is 7.21. The van der Waals surface area contributed by atoms with Crippen molar-refractivity contribution in [1.29, 1.82) is 0 Å². The van der Waals surface area contributed by atoms with Crippen LogP contribution in [0.15, 0.2) is 42.5 Å². The maximum atomic E-state index is 10.3. The molecule has 0 spiro atoms. The topological polar surface area (TPSA) is 110 Å². The van der Waals surface area contributed by atoms with E-state index in [1.165, 1.54) is 4.68 Å². The molecule has 0 aliphatic carbocycles. The van der Waals surface area contributed by atoms with Crippen LogP contribution >= 0.6 is 45.8 Å². The number of hydrogen-bond acceptors (Lipinski definition) is 7. The van der Waals surface area contributed by atoms with Crippen LogP contribution in [0.2, 0.25) is 5.02 Å².